The van der Waals surface area contributed by atoms with Crippen molar-refractivity contribution < 1.29 is 23.9 Å². The molecule has 2 aliphatic rings. The third-order valence-electron chi connectivity index (χ3n) is 5.47. The molecule has 164 valence electrons. The minimum absolute atomic E-state index is 0.0864. The standard InChI is InChI=1S/C23H32N2O5/c1-23(2,3)30-22(28)25-14-8-12-19(25)21(27)24-13-7-11-18(24)15-20(26)29-16-17-9-5-4-6-10-17/h4-6,9-10,18-19H,7-8,11-16H2,1-3H3/t18-,19-/m0/s1. The fourth-order valence-corrected chi connectivity index (χ4v) is 4.08. The third-order valence-corrected chi connectivity index (χ3v) is 5.47. The summed E-state index contributed by atoms with van der Waals surface area (Å²) in [5.74, 6) is -0.393. The minimum atomic E-state index is -0.605. The Hall–Kier alpha value is -2.57. The molecule has 1 aromatic carbocycles. The Morgan fingerprint density at radius 2 is 1.67 bits per heavy atom. The van der Waals surface area contributed by atoms with E-state index in [1.807, 2.05) is 51.1 Å². The number of amides is 2. The molecule has 7 nitrogen and oxygen atoms in total. The first-order chi connectivity index (χ1) is 14.2. The van der Waals surface area contributed by atoms with Crippen LogP contribution in [0.2, 0.25) is 0 Å². The number of ether oxygens (including phenoxy) is 2. The zero-order chi connectivity index (χ0) is 21.7. The summed E-state index contributed by atoms with van der Waals surface area (Å²) in [6, 6.07) is 8.84. The van der Waals surface area contributed by atoms with Crippen molar-refractivity contribution in [3.05, 3.63) is 35.9 Å². The molecule has 7 heteroatoms. The second kappa shape index (κ2) is 9.49. The van der Waals surface area contributed by atoms with Gasteiger partial charge in [-0.05, 0) is 52.0 Å². The molecule has 0 radical (unpaired) electrons. The predicted octanol–water partition coefficient (Wildman–Crippen LogP) is 3.51. The molecule has 2 fully saturated rings. The molecule has 0 spiro atoms. The van der Waals surface area contributed by atoms with Crippen LogP contribution in [0.5, 0.6) is 0 Å². The summed E-state index contributed by atoms with van der Waals surface area (Å²) in [6.45, 7) is 6.80. The van der Waals surface area contributed by atoms with E-state index in [2.05, 4.69) is 0 Å². The molecule has 0 saturated carbocycles. The lowest BCUT2D eigenvalue weighted by molar-refractivity contribution is -0.147. The molecular weight excluding hydrogens is 384 g/mol. The predicted molar refractivity (Wildman–Crippen MR) is 112 cm³/mol. The van der Waals surface area contributed by atoms with E-state index in [0.717, 1.165) is 24.8 Å². The Labute approximate surface area is 178 Å². The molecule has 2 amide bonds. The zero-order valence-corrected chi connectivity index (χ0v) is 18.1. The van der Waals surface area contributed by atoms with Crippen molar-refractivity contribution in [2.24, 2.45) is 0 Å². The van der Waals surface area contributed by atoms with Gasteiger partial charge in [-0.3, -0.25) is 14.5 Å². The van der Waals surface area contributed by atoms with Gasteiger partial charge in [-0.25, -0.2) is 4.79 Å². The average molecular weight is 417 g/mol. The number of hydrogen-bond donors (Lipinski definition) is 0. The van der Waals surface area contributed by atoms with Crippen LogP contribution in [0.15, 0.2) is 30.3 Å². The molecule has 2 saturated heterocycles. The number of hydrogen-bond acceptors (Lipinski definition) is 5. The van der Waals surface area contributed by atoms with Crippen LogP contribution in [-0.4, -0.2) is 58.5 Å². The van der Waals surface area contributed by atoms with E-state index in [-0.39, 0.29) is 30.9 Å². The molecule has 3 rings (SSSR count). The summed E-state index contributed by atoms with van der Waals surface area (Å²) >= 11 is 0. The van der Waals surface area contributed by atoms with Crippen LogP contribution < -0.4 is 0 Å². The number of benzene rings is 1. The van der Waals surface area contributed by atoms with Crippen molar-refractivity contribution in [1.29, 1.82) is 0 Å². The van der Waals surface area contributed by atoms with Crippen molar-refractivity contribution >= 4 is 18.0 Å². The lowest BCUT2D eigenvalue weighted by atomic mass is 10.1. The van der Waals surface area contributed by atoms with Gasteiger partial charge in [0, 0.05) is 19.1 Å². The fraction of sp³-hybridized carbons (Fsp3) is 0.609. The van der Waals surface area contributed by atoms with Gasteiger partial charge in [-0.15, -0.1) is 0 Å². The summed E-state index contributed by atoms with van der Waals surface area (Å²) in [6.07, 6.45) is 2.74. The summed E-state index contributed by atoms with van der Waals surface area (Å²) in [5.41, 5.74) is 0.329. The third kappa shape index (κ3) is 5.74. The van der Waals surface area contributed by atoms with Crippen LogP contribution >= 0.6 is 0 Å². The first-order valence-electron chi connectivity index (χ1n) is 10.7. The van der Waals surface area contributed by atoms with E-state index in [1.165, 1.54) is 4.90 Å². The van der Waals surface area contributed by atoms with E-state index in [1.54, 1.807) is 4.90 Å². The van der Waals surface area contributed by atoms with Gasteiger partial charge >= 0.3 is 12.1 Å². The molecule has 0 N–H and O–H groups in total. The van der Waals surface area contributed by atoms with Crippen LogP contribution in [0.4, 0.5) is 4.79 Å². The van der Waals surface area contributed by atoms with Crippen LogP contribution in [0.3, 0.4) is 0 Å². The van der Waals surface area contributed by atoms with Crippen LogP contribution in [0.25, 0.3) is 0 Å². The van der Waals surface area contributed by atoms with Crippen molar-refractivity contribution in [3.8, 4) is 0 Å². The average Bonchev–Trinajstić information content (AvgIpc) is 3.35. The van der Waals surface area contributed by atoms with E-state index in [9.17, 15) is 14.4 Å². The largest absolute Gasteiger partial charge is 0.461 e. The molecule has 2 heterocycles. The number of carbonyl (C=O) groups is 3. The smallest absolute Gasteiger partial charge is 0.410 e. The van der Waals surface area contributed by atoms with Crippen molar-refractivity contribution in [1.82, 2.24) is 9.80 Å². The second-order valence-electron chi connectivity index (χ2n) is 9.01. The first-order valence-corrected chi connectivity index (χ1v) is 10.7. The molecule has 2 atom stereocenters. The van der Waals surface area contributed by atoms with Gasteiger partial charge in [0.05, 0.1) is 6.42 Å². The fourth-order valence-electron chi connectivity index (χ4n) is 4.08. The van der Waals surface area contributed by atoms with Crippen molar-refractivity contribution in [3.63, 3.8) is 0 Å². The molecule has 0 unspecified atom stereocenters. The van der Waals surface area contributed by atoms with Gasteiger partial charge in [-0.1, -0.05) is 30.3 Å². The number of nitrogens with zero attached hydrogens (tertiary/aromatic N) is 2. The lowest BCUT2D eigenvalue weighted by Gasteiger charge is -2.32. The number of carbonyl (C=O) groups excluding carboxylic acids is 3. The Bertz CT molecular complexity index is 759. The van der Waals surface area contributed by atoms with E-state index >= 15 is 0 Å². The quantitative estimate of drug-likeness (QED) is 0.687. The SMILES string of the molecule is CC(C)(C)OC(=O)N1CCC[C@H]1C(=O)N1CCC[C@H]1CC(=O)OCc1ccccc1. The highest BCUT2D eigenvalue weighted by atomic mass is 16.6. The van der Waals surface area contributed by atoms with Gasteiger partial charge in [0.2, 0.25) is 5.91 Å². The topological polar surface area (TPSA) is 76.2 Å². The minimum Gasteiger partial charge on any atom is -0.461 e. The normalized spacial score (nSPS) is 21.6. The monoisotopic (exact) mass is 416 g/mol. The lowest BCUT2D eigenvalue weighted by Crippen LogP contribution is -2.50. The number of esters is 1. The first kappa shape index (κ1) is 22.1. The van der Waals surface area contributed by atoms with E-state index in [4.69, 9.17) is 9.47 Å². The van der Waals surface area contributed by atoms with Gasteiger partial charge in [0.1, 0.15) is 18.2 Å². The van der Waals surface area contributed by atoms with E-state index < -0.39 is 17.7 Å². The molecule has 0 aromatic heterocycles. The molecular formula is C23H32N2O5. The van der Waals surface area contributed by atoms with Gasteiger partial charge in [-0.2, -0.15) is 0 Å². The maximum Gasteiger partial charge on any atom is 0.410 e. The summed E-state index contributed by atoms with van der Waals surface area (Å²) < 4.78 is 10.9. The summed E-state index contributed by atoms with van der Waals surface area (Å²) in [4.78, 5) is 41.4. The molecule has 0 bridgehead atoms. The Morgan fingerprint density at radius 1 is 1.00 bits per heavy atom. The Kier molecular flexibility index (Phi) is 7.00. The zero-order valence-electron chi connectivity index (χ0n) is 18.1. The van der Waals surface area contributed by atoms with Crippen molar-refractivity contribution in [2.45, 2.75) is 77.2 Å². The molecule has 30 heavy (non-hydrogen) atoms. The van der Waals surface area contributed by atoms with Gasteiger partial charge < -0.3 is 14.4 Å². The van der Waals surface area contributed by atoms with Crippen LogP contribution in [0.1, 0.15) is 58.4 Å². The van der Waals surface area contributed by atoms with Crippen LogP contribution in [0, 0.1) is 0 Å². The summed E-state index contributed by atoms with van der Waals surface area (Å²) in [7, 11) is 0. The maximum atomic E-state index is 13.2. The highest BCUT2D eigenvalue weighted by molar-refractivity contribution is 5.87. The Balaban J connectivity index is 1.56. The van der Waals surface area contributed by atoms with Gasteiger partial charge in [0.15, 0.2) is 0 Å². The van der Waals surface area contributed by atoms with Gasteiger partial charge in [0.25, 0.3) is 0 Å². The van der Waals surface area contributed by atoms with Crippen LogP contribution in [-0.2, 0) is 25.7 Å². The summed E-state index contributed by atoms with van der Waals surface area (Å²) in [5, 5.41) is 0. The molecule has 2 aliphatic heterocycles. The highest BCUT2D eigenvalue weighted by Crippen LogP contribution is 2.27. The molecule has 1 aromatic rings. The second-order valence-corrected chi connectivity index (χ2v) is 9.01. The molecule has 0 aliphatic carbocycles. The Morgan fingerprint density at radius 3 is 2.37 bits per heavy atom. The van der Waals surface area contributed by atoms with Crippen molar-refractivity contribution in [2.75, 3.05) is 13.1 Å². The highest BCUT2D eigenvalue weighted by Gasteiger charge is 2.41. The maximum absolute atomic E-state index is 13.2. The van der Waals surface area contributed by atoms with E-state index in [0.29, 0.717) is 19.5 Å². The number of rotatable bonds is 5. The number of likely N-dealkylation sites (tertiary alicyclic amines) is 2.